The van der Waals surface area contributed by atoms with Crippen LogP contribution >= 0.6 is 0 Å². The van der Waals surface area contributed by atoms with Crippen LogP contribution in [0.1, 0.15) is 40.5 Å². The van der Waals surface area contributed by atoms with E-state index in [-0.39, 0.29) is 5.54 Å². The van der Waals surface area contributed by atoms with Crippen LogP contribution in [0, 0.1) is 5.92 Å². The average Bonchev–Trinajstić information content (AvgIpc) is 2.35. The molecule has 0 amide bonds. The molecule has 3 unspecified atom stereocenters. The summed E-state index contributed by atoms with van der Waals surface area (Å²) in [4.78, 5) is 2.62. The van der Waals surface area contributed by atoms with Crippen LogP contribution in [0.15, 0.2) is 0 Å². The summed E-state index contributed by atoms with van der Waals surface area (Å²) in [6, 6.07) is 0.662. The van der Waals surface area contributed by atoms with E-state index in [0.717, 1.165) is 32.2 Å². The Balaban J connectivity index is 2.65. The van der Waals surface area contributed by atoms with Gasteiger partial charge in [0.2, 0.25) is 0 Å². The lowest BCUT2D eigenvalue weighted by Crippen LogP contribution is -2.64. The number of ether oxygens (including phenoxy) is 1. The van der Waals surface area contributed by atoms with Crippen molar-refractivity contribution < 1.29 is 4.74 Å². The second kappa shape index (κ2) is 6.72. The van der Waals surface area contributed by atoms with Crippen molar-refractivity contribution in [1.82, 2.24) is 10.2 Å². The maximum atomic E-state index is 5.25. The Morgan fingerprint density at radius 3 is 2.71 bits per heavy atom. The fourth-order valence-corrected chi connectivity index (χ4v) is 2.62. The van der Waals surface area contributed by atoms with Gasteiger partial charge in [0, 0.05) is 38.3 Å². The number of piperazine rings is 1. The predicted molar refractivity (Wildman–Crippen MR) is 73.4 cm³/mol. The van der Waals surface area contributed by atoms with Crippen LogP contribution < -0.4 is 5.32 Å². The predicted octanol–water partition coefficient (Wildman–Crippen LogP) is 2.12. The Hall–Kier alpha value is -0.120. The minimum absolute atomic E-state index is 0.275. The van der Waals surface area contributed by atoms with E-state index in [1.165, 1.54) is 12.8 Å². The molecule has 3 atom stereocenters. The number of nitrogens with zero attached hydrogens (tertiary/aromatic N) is 1. The van der Waals surface area contributed by atoms with Crippen molar-refractivity contribution >= 4 is 0 Å². The van der Waals surface area contributed by atoms with Gasteiger partial charge in [-0.15, -0.1) is 0 Å². The van der Waals surface area contributed by atoms with Gasteiger partial charge in [-0.3, -0.25) is 4.90 Å². The monoisotopic (exact) mass is 242 g/mol. The van der Waals surface area contributed by atoms with Crippen LogP contribution in [-0.4, -0.2) is 49.8 Å². The van der Waals surface area contributed by atoms with E-state index in [1.54, 1.807) is 7.11 Å². The molecule has 1 rings (SSSR count). The Kier molecular flexibility index (Phi) is 5.90. The Bertz CT molecular complexity index is 222. The Morgan fingerprint density at radius 1 is 1.47 bits per heavy atom. The van der Waals surface area contributed by atoms with Gasteiger partial charge in [0.1, 0.15) is 0 Å². The molecule has 1 heterocycles. The molecule has 0 aromatic carbocycles. The molecule has 1 N–H and O–H groups in total. The summed E-state index contributed by atoms with van der Waals surface area (Å²) in [6.45, 7) is 13.4. The molecule has 0 aromatic rings. The smallest absolute Gasteiger partial charge is 0.0589 e. The molecule has 0 aromatic heterocycles. The minimum atomic E-state index is 0.275. The summed E-state index contributed by atoms with van der Waals surface area (Å²) in [5, 5.41) is 3.73. The maximum absolute atomic E-state index is 5.25. The summed E-state index contributed by atoms with van der Waals surface area (Å²) in [6.07, 6.45) is 2.43. The molecule has 17 heavy (non-hydrogen) atoms. The summed E-state index contributed by atoms with van der Waals surface area (Å²) >= 11 is 0. The van der Waals surface area contributed by atoms with Gasteiger partial charge in [0.15, 0.2) is 0 Å². The van der Waals surface area contributed by atoms with Crippen molar-refractivity contribution in [2.45, 2.75) is 52.1 Å². The Morgan fingerprint density at radius 2 is 2.18 bits per heavy atom. The summed E-state index contributed by atoms with van der Waals surface area (Å²) in [5.41, 5.74) is 0.275. The van der Waals surface area contributed by atoms with E-state index in [1.807, 2.05) is 0 Å². The molecule has 3 nitrogen and oxygen atoms in total. The molecule has 1 saturated heterocycles. The van der Waals surface area contributed by atoms with Crippen molar-refractivity contribution in [2.75, 3.05) is 33.4 Å². The number of hydrogen-bond donors (Lipinski definition) is 1. The average molecular weight is 242 g/mol. The first-order valence-corrected chi connectivity index (χ1v) is 7.04. The first-order valence-electron chi connectivity index (χ1n) is 7.04. The van der Waals surface area contributed by atoms with Crippen molar-refractivity contribution in [2.24, 2.45) is 5.92 Å². The molecule has 1 fully saturated rings. The molecule has 102 valence electrons. The van der Waals surface area contributed by atoms with Crippen LogP contribution in [0.4, 0.5) is 0 Å². The zero-order chi connectivity index (χ0) is 12.9. The van der Waals surface area contributed by atoms with Crippen LogP contribution in [0.25, 0.3) is 0 Å². The van der Waals surface area contributed by atoms with Gasteiger partial charge in [-0.05, 0) is 19.3 Å². The van der Waals surface area contributed by atoms with Gasteiger partial charge in [-0.25, -0.2) is 0 Å². The van der Waals surface area contributed by atoms with Gasteiger partial charge >= 0.3 is 0 Å². The van der Waals surface area contributed by atoms with Crippen LogP contribution in [0.2, 0.25) is 0 Å². The maximum Gasteiger partial charge on any atom is 0.0589 e. The van der Waals surface area contributed by atoms with Crippen molar-refractivity contribution in [1.29, 1.82) is 0 Å². The third-order valence-electron chi connectivity index (χ3n) is 4.42. The van der Waals surface area contributed by atoms with Crippen LogP contribution in [0.5, 0.6) is 0 Å². The van der Waals surface area contributed by atoms with E-state index >= 15 is 0 Å². The SMILES string of the molecule is CCC(C)C1CNC(C)(CC)CN1CCOC. The molecular formula is C14H30N2O. The van der Waals surface area contributed by atoms with Crippen molar-refractivity contribution in [3.05, 3.63) is 0 Å². The second-order valence-corrected chi connectivity index (χ2v) is 5.71. The van der Waals surface area contributed by atoms with Gasteiger partial charge in [-0.2, -0.15) is 0 Å². The molecule has 3 heteroatoms. The molecule has 0 spiro atoms. The molecule has 1 aliphatic rings. The number of hydrogen-bond acceptors (Lipinski definition) is 3. The third kappa shape index (κ3) is 3.94. The van der Waals surface area contributed by atoms with Gasteiger partial charge in [0.05, 0.1) is 6.61 Å². The van der Waals surface area contributed by atoms with Gasteiger partial charge < -0.3 is 10.1 Å². The molecule has 0 aliphatic carbocycles. The highest BCUT2D eigenvalue weighted by atomic mass is 16.5. The fraction of sp³-hybridized carbons (Fsp3) is 1.00. The third-order valence-corrected chi connectivity index (χ3v) is 4.42. The van der Waals surface area contributed by atoms with Crippen molar-refractivity contribution in [3.8, 4) is 0 Å². The van der Waals surface area contributed by atoms with Crippen LogP contribution in [0.3, 0.4) is 0 Å². The first kappa shape index (κ1) is 14.9. The largest absolute Gasteiger partial charge is 0.383 e. The first-order chi connectivity index (χ1) is 8.06. The highest BCUT2D eigenvalue weighted by Crippen LogP contribution is 2.23. The van der Waals surface area contributed by atoms with E-state index in [9.17, 15) is 0 Å². The van der Waals surface area contributed by atoms with Crippen LogP contribution in [-0.2, 0) is 4.74 Å². The van der Waals surface area contributed by atoms with E-state index < -0.39 is 0 Å². The summed E-state index contributed by atoms with van der Waals surface area (Å²) in [5.74, 6) is 0.751. The number of rotatable bonds is 6. The van der Waals surface area contributed by atoms with Gasteiger partial charge in [0.25, 0.3) is 0 Å². The quantitative estimate of drug-likeness (QED) is 0.772. The highest BCUT2D eigenvalue weighted by Gasteiger charge is 2.35. The van der Waals surface area contributed by atoms with E-state index in [2.05, 4.69) is 37.9 Å². The highest BCUT2D eigenvalue weighted by molar-refractivity contribution is 4.95. The standard InChI is InChI=1S/C14H30N2O/c1-6-12(3)13-10-15-14(4,7-2)11-16(13)8-9-17-5/h12-13,15H,6-11H2,1-5H3. The summed E-state index contributed by atoms with van der Waals surface area (Å²) < 4.78 is 5.25. The molecule has 0 bridgehead atoms. The number of methoxy groups -OCH3 is 1. The normalized spacial score (nSPS) is 32.6. The lowest BCUT2D eigenvalue weighted by atomic mass is 9.88. The second-order valence-electron chi connectivity index (χ2n) is 5.71. The Labute approximate surface area is 107 Å². The minimum Gasteiger partial charge on any atom is -0.383 e. The summed E-state index contributed by atoms with van der Waals surface area (Å²) in [7, 11) is 1.79. The lowest BCUT2D eigenvalue weighted by molar-refractivity contribution is 0.0341. The van der Waals surface area contributed by atoms with Gasteiger partial charge in [-0.1, -0.05) is 27.2 Å². The van der Waals surface area contributed by atoms with E-state index in [4.69, 9.17) is 4.74 Å². The molecule has 1 aliphatic heterocycles. The molecule has 0 radical (unpaired) electrons. The molecular weight excluding hydrogens is 212 g/mol. The fourth-order valence-electron chi connectivity index (χ4n) is 2.62. The van der Waals surface area contributed by atoms with Crippen molar-refractivity contribution in [3.63, 3.8) is 0 Å². The lowest BCUT2D eigenvalue weighted by Gasteiger charge is -2.48. The zero-order valence-corrected chi connectivity index (χ0v) is 12.3. The zero-order valence-electron chi connectivity index (χ0n) is 12.3. The van der Waals surface area contributed by atoms with E-state index in [0.29, 0.717) is 6.04 Å². The molecule has 0 saturated carbocycles. The topological polar surface area (TPSA) is 24.5 Å². The number of nitrogens with one attached hydrogen (secondary N) is 1.